The molecule has 0 spiro atoms. The predicted octanol–water partition coefficient (Wildman–Crippen LogP) is 3.00. The van der Waals surface area contributed by atoms with E-state index in [1.807, 2.05) is 12.1 Å². The van der Waals surface area contributed by atoms with Crippen molar-refractivity contribution in [2.45, 2.75) is 33.5 Å². The van der Waals surface area contributed by atoms with Crippen molar-refractivity contribution in [2.75, 3.05) is 13.1 Å². The van der Waals surface area contributed by atoms with Gasteiger partial charge in [0.2, 0.25) is 0 Å². The molecule has 0 saturated heterocycles. The first-order chi connectivity index (χ1) is 9.33. The van der Waals surface area contributed by atoms with E-state index in [0.717, 1.165) is 44.2 Å². The molecule has 0 aliphatic rings. The molecule has 2 rings (SSSR count). The van der Waals surface area contributed by atoms with Crippen LogP contribution >= 0.6 is 0 Å². The second kappa shape index (κ2) is 7.16. The van der Waals surface area contributed by atoms with Crippen molar-refractivity contribution in [3.8, 4) is 0 Å². The lowest BCUT2D eigenvalue weighted by molar-refractivity contribution is 0.245. The van der Waals surface area contributed by atoms with E-state index in [1.54, 1.807) is 12.5 Å². The van der Waals surface area contributed by atoms with Gasteiger partial charge in [-0.3, -0.25) is 4.90 Å². The predicted molar refractivity (Wildman–Crippen MR) is 74.6 cm³/mol. The summed E-state index contributed by atoms with van der Waals surface area (Å²) in [5.41, 5.74) is 1.24. The highest BCUT2D eigenvalue weighted by Gasteiger charge is 2.11. The molecule has 2 heterocycles. The minimum absolute atomic E-state index is 0.789. The van der Waals surface area contributed by atoms with Gasteiger partial charge in [0.05, 0.1) is 25.6 Å². The molecule has 0 fully saturated rings. The molecule has 4 heteroatoms. The summed E-state index contributed by atoms with van der Waals surface area (Å²) >= 11 is 0. The van der Waals surface area contributed by atoms with Gasteiger partial charge < -0.3 is 14.2 Å². The second-order valence-electron chi connectivity index (χ2n) is 4.53. The third-order valence-electron chi connectivity index (χ3n) is 3.17. The van der Waals surface area contributed by atoms with E-state index >= 15 is 0 Å². The van der Waals surface area contributed by atoms with Crippen LogP contribution in [0.1, 0.15) is 30.9 Å². The van der Waals surface area contributed by atoms with Gasteiger partial charge in [-0.25, -0.2) is 0 Å². The summed E-state index contributed by atoms with van der Waals surface area (Å²) in [4.78, 5) is 2.33. The lowest BCUT2D eigenvalue weighted by Crippen LogP contribution is -2.23. The first kappa shape index (κ1) is 13.9. The van der Waals surface area contributed by atoms with Gasteiger partial charge >= 0.3 is 0 Å². The van der Waals surface area contributed by atoms with Crippen molar-refractivity contribution in [3.05, 3.63) is 47.8 Å². The molecule has 0 aliphatic carbocycles. The van der Waals surface area contributed by atoms with Gasteiger partial charge in [-0.05, 0) is 31.3 Å². The molecule has 0 atom stereocenters. The first-order valence-corrected chi connectivity index (χ1v) is 6.84. The fraction of sp³-hybridized carbons (Fsp3) is 0.467. The number of furan rings is 2. The van der Waals surface area contributed by atoms with Crippen molar-refractivity contribution >= 4 is 0 Å². The standard InChI is InChI=1S/C15H22N2O2/c1-3-16-10-15-13(7-9-19-15)11-17(4-2)12-14-6-5-8-18-14/h5-9,16H,3-4,10-12H2,1-2H3. The van der Waals surface area contributed by atoms with E-state index < -0.39 is 0 Å². The third kappa shape index (κ3) is 3.98. The number of rotatable bonds is 8. The number of hydrogen-bond acceptors (Lipinski definition) is 4. The average molecular weight is 262 g/mol. The Hall–Kier alpha value is -1.52. The zero-order valence-corrected chi connectivity index (χ0v) is 11.7. The Kier molecular flexibility index (Phi) is 5.24. The van der Waals surface area contributed by atoms with Crippen LogP contribution in [0.5, 0.6) is 0 Å². The summed E-state index contributed by atoms with van der Waals surface area (Å²) in [5.74, 6) is 2.03. The normalized spacial score (nSPS) is 11.3. The summed E-state index contributed by atoms with van der Waals surface area (Å²) in [6.45, 7) is 8.68. The largest absolute Gasteiger partial charge is 0.468 e. The summed E-state index contributed by atoms with van der Waals surface area (Å²) in [6, 6.07) is 5.99. The van der Waals surface area contributed by atoms with Crippen molar-refractivity contribution < 1.29 is 8.83 Å². The van der Waals surface area contributed by atoms with Crippen LogP contribution < -0.4 is 5.32 Å². The van der Waals surface area contributed by atoms with E-state index in [4.69, 9.17) is 8.83 Å². The lowest BCUT2D eigenvalue weighted by atomic mass is 10.2. The third-order valence-corrected chi connectivity index (χ3v) is 3.17. The molecule has 104 valence electrons. The van der Waals surface area contributed by atoms with Crippen molar-refractivity contribution in [2.24, 2.45) is 0 Å². The maximum Gasteiger partial charge on any atom is 0.122 e. The second-order valence-corrected chi connectivity index (χ2v) is 4.53. The van der Waals surface area contributed by atoms with Gasteiger partial charge in [-0.1, -0.05) is 13.8 Å². The SMILES string of the molecule is CCNCc1occc1CN(CC)Cc1ccco1. The molecule has 0 unspecified atom stereocenters. The van der Waals surface area contributed by atoms with E-state index in [2.05, 4.69) is 30.1 Å². The van der Waals surface area contributed by atoms with Crippen LogP contribution in [0.2, 0.25) is 0 Å². The molecule has 19 heavy (non-hydrogen) atoms. The van der Waals surface area contributed by atoms with E-state index in [9.17, 15) is 0 Å². The molecule has 1 N–H and O–H groups in total. The Morgan fingerprint density at radius 3 is 2.68 bits per heavy atom. The minimum atomic E-state index is 0.789. The van der Waals surface area contributed by atoms with Crippen molar-refractivity contribution in [1.82, 2.24) is 10.2 Å². The average Bonchev–Trinajstić information content (AvgIpc) is 3.07. The van der Waals surface area contributed by atoms with Crippen LogP contribution in [0.4, 0.5) is 0 Å². The van der Waals surface area contributed by atoms with Gasteiger partial charge in [-0.15, -0.1) is 0 Å². The molecule has 0 amide bonds. The maximum absolute atomic E-state index is 5.53. The van der Waals surface area contributed by atoms with Crippen LogP contribution in [0.15, 0.2) is 39.6 Å². The smallest absolute Gasteiger partial charge is 0.122 e. The molecule has 0 saturated carbocycles. The Morgan fingerprint density at radius 1 is 1.11 bits per heavy atom. The highest BCUT2D eigenvalue weighted by atomic mass is 16.3. The van der Waals surface area contributed by atoms with Crippen LogP contribution in [0.25, 0.3) is 0 Å². The molecule has 0 radical (unpaired) electrons. The number of nitrogens with zero attached hydrogens (tertiary/aromatic N) is 1. The molecule has 0 aromatic carbocycles. The first-order valence-electron chi connectivity index (χ1n) is 6.84. The highest BCUT2D eigenvalue weighted by molar-refractivity contribution is 5.17. The Bertz CT molecular complexity index is 462. The topological polar surface area (TPSA) is 41.6 Å². The summed E-state index contributed by atoms with van der Waals surface area (Å²) in [7, 11) is 0. The van der Waals surface area contributed by atoms with Gasteiger partial charge in [0.15, 0.2) is 0 Å². The van der Waals surface area contributed by atoms with Crippen LogP contribution in [0.3, 0.4) is 0 Å². The molecule has 4 nitrogen and oxygen atoms in total. The van der Waals surface area contributed by atoms with Crippen LogP contribution in [0, 0.1) is 0 Å². The van der Waals surface area contributed by atoms with E-state index in [0.29, 0.717) is 0 Å². The van der Waals surface area contributed by atoms with Crippen molar-refractivity contribution in [1.29, 1.82) is 0 Å². The molecule has 0 bridgehead atoms. The number of nitrogens with one attached hydrogen (secondary N) is 1. The molecule has 2 aromatic rings. The minimum Gasteiger partial charge on any atom is -0.468 e. The summed E-state index contributed by atoms with van der Waals surface area (Å²) in [5, 5.41) is 3.30. The molecule has 2 aromatic heterocycles. The quantitative estimate of drug-likeness (QED) is 0.794. The number of hydrogen-bond donors (Lipinski definition) is 1. The fourth-order valence-corrected chi connectivity index (χ4v) is 2.04. The van der Waals surface area contributed by atoms with Crippen LogP contribution in [-0.2, 0) is 19.6 Å². The zero-order valence-electron chi connectivity index (χ0n) is 11.7. The molecule has 0 aliphatic heterocycles. The highest BCUT2D eigenvalue weighted by Crippen LogP contribution is 2.15. The summed E-state index contributed by atoms with van der Waals surface area (Å²) < 4.78 is 10.9. The lowest BCUT2D eigenvalue weighted by Gasteiger charge is -2.19. The fourth-order valence-electron chi connectivity index (χ4n) is 2.04. The van der Waals surface area contributed by atoms with Gasteiger partial charge in [-0.2, -0.15) is 0 Å². The van der Waals surface area contributed by atoms with Crippen molar-refractivity contribution in [3.63, 3.8) is 0 Å². The van der Waals surface area contributed by atoms with Gasteiger partial charge in [0.25, 0.3) is 0 Å². The van der Waals surface area contributed by atoms with E-state index in [1.165, 1.54) is 5.56 Å². The monoisotopic (exact) mass is 262 g/mol. The molecular weight excluding hydrogens is 240 g/mol. The maximum atomic E-state index is 5.53. The Balaban J connectivity index is 1.96. The van der Waals surface area contributed by atoms with Crippen LogP contribution in [-0.4, -0.2) is 18.0 Å². The zero-order chi connectivity index (χ0) is 13.5. The Morgan fingerprint density at radius 2 is 2.00 bits per heavy atom. The Labute approximate surface area is 114 Å². The van der Waals surface area contributed by atoms with E-state index in [-0.39, 0.29) is 0 Å². The van der Waals surface area contributed by atoms with Gasteiger partial charge in [0.1, 0.15) is 11.5 Å². The van der Waals surface area contributed by atoms with Gasteiger partial charge in [0, 0.05) is 12.1 Å². The molecular formula is C15H22N2O2. The summed E-state index contributed by atoms with van der Waals surface area (Å²) in [6.07, 6.45) is 3.49.